The summed E-state index contributed by atoms with van der Waals surface area (Å²) in [6.45, 7) is 21.7. The van der Waals surface area contributed by atoms with Gasteiger partial charge < -0.3 is 29.1 Å². The van der Waals surface area contributed by atoms with Crippen LogP contribution in [0.4, 0.5) is 9.59 Å². The molecule has 2 amide bonds. The molecule has 2 heterocycles. The van der Waals surface area contributed by atoms with E-state index in [1.807, 2.05) is 46.5 Å². The number of aliphatic hydroxyl groups is 1. The lowest BCUT2D eigenvalue weighted by Crippen LogP contribution is -2.39. The molecule has 9 heteroatoms. The largest absolute Gasteiger partial charge is 0.444 e. The molecular formula is C26H51IN2O6. The zero-order valence-corrected chi connectivity index (χ0v) is 26.3. The van der Waals surface area contributed by atoms with Gasteiger partial charge in [-0.15, -0.1) is 0 Å². The minimum Gasteiger partial charge on any atom is -0.444 e. The van der Waals surface area contributed by atoms with E-state index in [2.05, 4.69) is 36.4 Å². The summed E-state index contributed by atoms with van der Waals surface area (Å²) >= 11 is 2.15. The third kappa shape index (κ3) is 12.8. The summed E-state index contributed by atoms with van der Waals surface area (Å²) in [6.07, 6.45) is 1.31. The maximum atomic E-state index is 11.9. The van der Waals surface area contributed by atoms with Crippen LogP contribution in [0.5, 0.6) is 0 Å². The van der Waals surface area contributed by atoms with Crippen molar-refractivity contribution in [1.82, 2.24) is 9.80 Å². The Morgan fingerprint density at radius 3 is 1.37 bits per heavy atom. The molecule has 2 saturated heterocycles. The number of amides is 2. The van der Waals surface area contributed by atoms with Gasteiger partial charge >= 0.3 is 12.2 Å². The predicted octanol–water partition coefficient (Wildman–Crippen LogP) is 5.73. The maximum absolute atomic E-state index is 11.9. The van der Waals surface area contributed by atoms with E-state index < -0.39 is 16.8 Å². The van der Waals surface area contributed by atoms with E-state index in [4.69, 9.17) is 14.2 Å². The molecule has 0 aromatic heterocycles. The zero-order chi connectivity index (χ0) is 27.8. The fourth-order valence-corrected chi connectivity index (χ4v) is 3.82. The van der Waals surface area contributed by atoms with Gasteiger partial charge in [0, 0.05) is 45.1 Å². The molecule has 208 valence electrons. The highest BCUT2D eigenvalue weighted by atomic mass is 127. The van der Waals surface area contributed by atoms with Crippen LogP contribution in [-0.2, 0) is 14.2 Å². The Labute approximate surface area is 227 Å². The van der Waals surface area contributed by atoms with Gasteiger partial charge in [-0.05, 0) is 87.0 Å². The maximum Gasteiger partial charge on any atom is 0.410 e. The van der Waals surface area contributed by atoms with Gasteiger partial charge in [0.1, 0.15) is 11.2 Å². The molecule has 0 spiro atoms. The van der Waals surface area contributed by atoms with Crippen LogP contribution in [0.25, 0.3) is 0 Å². The van der Waals surface area contributed by atoms with Gasteiger partial charge in [0.05, 0.1) is 11.2 Å². The van der Waals surface area contributed by atoms with Gasteiger partial charge in [-0.3, -0.25) is 0 Å². The van der Waals surface area contributed by atoms with Crippen LogP contribution in [-0.4, -0.2) is 87.7 Å². The molecule has 0 saturated carbocycles. The SMILES string of the molecule is CC(C)(C)OC(=O)N1CCC(C(C)(C)O)C1.CI.COC(C)(C)C1CCN(C(=O)OC(C)(C)C)C1. The van der Waals surface area contributed by atoms with Crippen LogP contribution >= 0.6 is 22.6 Å². The van der Waals surface area contributed by atoms with E-state index >= 15 is 0 Å². The van der Waals surface area contributed by atoms with Crippen LogP contribution in [0, 0.1) is 11.8 Å². The second-order valence-corrected chi connectivity index (χ2v) is 12.3. The number of carbonyl (C=O) groups excluding carboxylic acids is 2. The molecule has 2 atom stereocenters. The van der Waals surface area contributed by atoms with Crippen molar-refractivity contribution in [3.63, 3.8) is 0 Å². The summed E-state index contributed by atoms with van der Waals surface area (Å²) in [6, 6.07) is 0. The summed E-state index contributed by atoms with van der Waals surface area (Å²) in [5.74, 6) is 0.514. The number of alkyl halides is 1. The summed E-state index contributed by atoms with van der Waals surface area (Å²) in [7, 11) is 1.72. The molecule has 0 aromatic carbocycles. The Bertz CT molecular complexity index is 664. The molecule has 2 aliphatic rings. The molecule has 1 N–H and O–H groups in total. The normalized spacial score (nSPS) is 21.0. The van der Waals surface area contributed by atoms with Crippen LogP contribution in [0.15, 0.2) is 0 Å². The Kier molecular flexibility index (Phi) is 13.3. The zero-order valence-electron chi connectivity index (χ0n) is 24.2. The van der Waals surface area contributed by atoms with E-state index in [1.54, 1.807) is 30.8 Å². The van der Waals surface area contributed by atoms with Crippen molar-refractivity contribution in [2.45, 2.75) is 104 Å². The summed E-state index contributed by atoms with van der Waals surface area (Å²) < 4.78 is 16.1. The smallest absolute Gasteiger partial charge is 0.410 e. The van der Waals surface area contributed by atoms with Gasteiger partial charge in [-0.1, -0.05) is 22.6 Å². The van der Waals surface area contributed by atoms with E-state index in [0.29, 0.717) is 19.0 Å². The summed E-state index contributed by atoms with van der Waals surface area (Å²) in [5.41, 5.74) is -1.79. The van der Waals surface area contributed by atoms with Crippen molar-refractivity contribution in [2.75, 3.05) is 38.2 Å². The Balaban J connectivity index is 0.000000618. The monoisotopic (exact) mass is 614 g/mol. The molecule has 0 bridgehead atoms. The topological polar surface area (TPSA) is 88.5 Å². The predicted molar refractivity (Wildman–Crippen MR) is 149 cm³/mol. The first kappa shape index (κ1) is 34.2. The number of carbonyl (C=O) groups is 2. The van der Waals surface area contributed by atoms with Crippen LogP contribution in [0.3, 0.4) is 0 Å². The first-order valence-electron chi connectivity index (χ1n) is 12.4. The number of likely N-dealkylation sites (tertiary alicyclic amines) is 2. The molecular weight excluding hydrogens is 563 g/mol. The fraction of sp³-hybridized carbons (Fsp3) is 0.923. The lowest BCUT2D eigenvalue weighted by Gasteiger charge is -2.30. The molecule has 35 heavy (non-hydrogen) atoms. The molecule has 8 nitrogen and oxygen atoms in total. The van der Waals surface area contributed by atoms with E-state index in [9.17, 15) is 14.7 Å². The number of nitrogens with zero attached hydrogens (tertiary/aromatic N) is 2. The van der Waals surface area contributed by atoms with E-state index in [1.165, 1.54) is 0 Å². The van der Waals surface area contributed by atoms with Gasteiger partial charge in [-0.25, -0.2) is 9.59 Å². The number of hydrogen-bond donors (Lipinski definition) is 1. The van der Waals surface area contributed by atoms with Gasteiger partial charge in [0.15, 0.2) is 0 Å². The van der Waals surface area contributed by atoms with Crippen LogP contribution in [0.2, 0.25) is 0 Å². The molecule has 0 radical (unpaired) electrons. The van der Waals surface area contributed by atoms with Crippen molar-refractivity contribution < 1.29 is 28.9 Å². The third-order valence-corrected chi connectivity index (χ3v) is 6.19. The standard InChI is InChI=1S/C13H25NO3.C12H23NO3.CH3I/c1-12(2,3)17-11(15)14-8-7-10(9-14)13(4,5)16-6;1-11(2,3)16-10(14)13-7-6-9(8-13)12(4,5)15;1-2/h10H,7-9H2,1-6H3;9,15H,6-8H2,1-5H3;1H3. The second kappa shape index (κ2) is 13.7. The van der Waals surface area contributed by atoms with Crippen molar-refractivity contribution in [2.24, 2.45) is 11.8 Å². The fourth-order valence-electron chi connectivity index (χ4n) is 3.82. The first-order chi connectivity index (χ1) is 15.7. The molecule has 0 aliphatic carbocycles. The number of hydrogen-bond acceptors (Lipinski definition) is 6. The van der Waals surface area contributed by atoms with Crippen LogP contribution in [0.1, 0.15) is 82.1 Å². The van der Waals surface area contributed by atoms with Crippen molar-refractivity contribution in [1.29, 1.82) is 0 Å². The molecule has 2 fully saturated rings. The quantitative estimate of drug-likeness (QED) is 0.323. The third-order valence-electron chi connectivity index (χ3n) is 6.19. The van der Waals surface area contributed by atoms with Crippen molar-refractivity contribution in [3.05, 3.63) is 0 Å². The minimum atomic E-state index is -0.725. The summed E-state index contributed by atoms with van der Waals surface area (Å²) in [4.78, 5) is 29.1. The lowest BCUT2D eigenvalue weighted by molar-refractivity contribution is -0.0257. The van der Waals surface area contributed by atoms with E-state index in [-0.39, 0.29) is 23.7 Å². The minimum absolute atomic E-state index is 0.139. The number of ether oxygens (including phenoxy) is 3. The Morgan fingerprint density at radius 1 is 0.743 bits per heavy atom. The molecule has 2 rings (SSSR count). The van der Waals surface area contributed by atoms with Gasteiger partial charge in [0.2, 0.25) is 0 Å². The highest BCUT2D eigenvalue weighted by Gasteiger charge is 2.38. The van der Waals surface area contributed by atoms with E-state index in [0.717, 1.165) is 25.9 Å². The van der Waals surface area contributed by atoms with Gasteiger partial charge in [0.25, 0.3) is 0 Å². The second-order valence-electron chi connectivity index (χ2n) is 12.3. The highest BCUT2D eigenvalue weighted by molar-refractivity contribution is 14.1. The first-order valence-corrected chi connectivity index (χ1v) is 14.5. The van der Waals surface area contributed by atoms with Crippen molar-refractivity contribution in [3.8, 4) is 0 Å². The highest BCUT2D eigenvalue weighted by Crippen LogP contribution is 2.30. The average Bonchev–Trinajstić information content (AvgIpc) is 3.37. The number of rotatable bonds is 3. The van der Waals surface area contributed by atoms with Gasteiger partial charge in [-0.2, -0.15) is 0 Å². The average molecular weight is 615 g/mol. The van der Waals surface area contributed by atoms with Crippen LogP contribution < -0.4 is 0 Å². The lowest BCUT2D eigenvalue weighted by atomic mass is 9.90. The number of methoxy groups -OCH3 is 1. The summed E-state index contributed by atoms with van der Waals surface area (Å²) in [5, 5.41) is 9.87. The molecule has 2 aliphatic heterocycles. The Hall–Kier alpha value is -0.810. The molecule has 2 unspecified atom stereocenters. The molecule has 0 aromatic rings. The Morgan fingerprint density at radius 2 is 1.09 bits per heavy atom. The number of halogens is 1. The van der Waals surface area contributed by atoms with Crippen molar-refractivity contribution >= 4 is 34.8 Å².